The Labute approximate surface area is 176 Å². The number of nitrogens with one attached hydrogen (secondary N) is 1. The van der Waals surface area contributed by atoms with E-state index in [1.165, 1.54) is 0 Å². The van der Waals surface area contributed by atoms with E-state index in [2.05, 4.69) is 10.3 Å². The quantitative estimate of drug-likeness (QED) is 0.841. The second kappa shape index (κ2) is 7.84. The third-order valence-electron chi connectivity index (χ3n) is 6.88. The van der Waals surface area contributed by atoms with Gasteiger partial charge in [0.25, 0.3) is 5.91 Å². The lowest BCUT2D eigenvalue weighted by Crippen LogP contribution is -2.61. The van der Waals surface area contributed by atoms with E-state index >= 15 is 0 Å². The number of nitrogens with zero attached hydrogens (tertiary/aromatic N) is 2. The Kier molecular flexibility index (Phi) is 5.03. The van der Waals surface area contributed by atoms with Gasteiger partial charge in [-0.3, -0.25) is 9.59 Å². The third kappa shape index (κ3) is 3.19. The van der Waals surface area contributed by atoms with E-state index < -0.39 is 11.5 Å². The maximum absolute atomic E-state index is 13.7. The molecular formula is C24H27N3O3. The van der Waals surface area contributed by atoms with Crippen LogP contribution >= 0.6 is 0 Å². The first-order chi connectivity index (χ1) is 14.7. The van der Waals surface area contributed by atoms with Crippen LogP contribution in [-0.4, -0.2) is 46.5 Å². The van der Waals surface area contributed by atoms with Crippen LogP contribution in [0.3, 0.4) is 0 Å². The first-order valence-electron chi connectivity index (χ1n) is 10.9. The summed E-state index contributed by atoms with van der Waals surface area (Å²) in [4.78, 5) is 33.5. The minimum atomic E-state index is -0.504. The Morgan fingerprint density at radius 2 is 1.93 bits per heavy atom. The molecular weight excluding hydrogens is 378 g/mol. The minimum Gasteiger partial charge on any atom is -0.376 e. The van der Waals surface area contributed by atoms with Gasteiger partial charge in [0.15, 0.2) is 0 Å². The number of anilines is 1. The van der Waals surface area contributed by atoms with Crippen LogP contribution < -0.4 is 5.32 Å². The topological polar surface area (TPSA) is 71.5 Å². The van der Waals surface area contributed by atoms with E-state index in [0.717, 1.165) is 50.7 Å². The smallest absolute Gasteiger partial charge is 0.254 e. The summed E-state index contributed by atoms with van der Waals surface area (Å²) in [6, 6.07) is 13.1. The summed E-state index contributed by atoms with van der Waals surface area (Å²) >= 11 is 0. The first-order valence-corrected chi connectivity index (χ1v) is 10.9. The molecule has 0 unspecified atom stereocenters. The van der Waals surface area contributed by atoms with Crippen LogP contribution in [0.2, 0.25) is 0 Å². The van der Waals surface area contributed by atoms with Crippen LogP contribution in [0.4, 0.5) is 5.82 Å². The Morgan fingerprint density at radius 1 is 1.13 bits per heavy atom. The molecule has 2 atom stereocenters. The van der Waals surface area contributed by atoms with Crippen molar-refractivity contribution in [2.75, 3.05) is 18.5 Å². The van der Waals surface area contributed by atoms with Crippen molar-refractivity contribution in [3.63, 3.8) is 0 Å². The molecule has 5 rings (SSSR count). The largest absolute Gasteiger partial charge is 0.376 e. The van der Waals surface area contributed by atoms with Crippen molar-refractivity contribution >= 4 is 17.6 Å². The van der Waals surface area contributed by atoms with Gasteiger partial charge in [0.2, 0.25) is 5.91 Å². The number of fused-ring (bicyclic) bond motifs is 1. The summed E-state index contributed by atoms with van der Waals surface area (Å²) < 4.78 is 5.88. The fourth-order valence-electron chi connectivity index (χ4n) is 5.56. The third-order valence-corrected chi connectivity index (χ3v) is 6.88. The molecule has 1 spiro atoms. The van der Waals surface area contributed by atoms with E-state index in [1.807, 2.05) is 41.3 Å². The summed E-state index contributed by atoms with van der Waals surface area (Å²) in [5, 5.41) is 3.01. The molecule has 3 heterocycles. The number of pyridine rings is 1. The second-order valence-corrected chi connectivity index (χ2v) is 8.59. The van der Waals surface area contributed by atoms with E-state index in [9.17, 15) is 9.59 Å². The lowest BCUT2D eigenvalue weighted by atomic mass is 9.71. The number of amides is 2. The van der Waals surface area contributed by atoms with Crippen molar-refractivity contribution in [3.05, 3.63) is 59.8 Å². The van der Waals surface area contributed by atoms with Gasteiger partial charge in [0, 0.05) is 24.9 Å². The zero-order chi connectivity index (χ0) is 20.6. The average Bonchev–Trinajstić information content (AvgIpc) is 3.45. The molecule has 1 aromatic carbocycles. The number of ether oxygens (including phenoxy) is 1. The summed E-state index contributed by atoms with van der Waals surface area (Å²) in [5.41, 5.74) is 0.964. The lowest BCUT2D eigenvalue weighted by Gasteiger charge is -2.50. The maximum atomic E-state index is 13.7. The highest BCUT2D eigenvalue weighted by Gasteiger charge is 2.56. The highest BCUT2D eigenvalue weighted by molar-refractivity contribution is 6.05. The van der Waals surface area contributed by atoms with Gasteiger partial charge >= 0.3 is 0 Å². The minimum absolute atomic E-state index is 0.0323. The number of benzene rings is 1. The predicted molar refractivity (Wildman–Crippen MR) is 113 cm³/mol. The van der Waals surface area contributed by atoms with Crippen molar-refractivity contribution in [1.82, 2.24) is 9.88 Å². The molecule has 2 aliphatic heterocycles. The van der Waals surface area contributed by atoms with E-state index in [4.69, 9.17) is 4.74 Å². The maximum Gasteiger partial charge on any atom is 0.254 e. The van der Waals surface area contributed by atoms with Crippen molar-refractivity contribution in [1.29, 1.82) is 0 Å². The van der Waals surface area contributed by atoms with Crippen molar-refractivity contribution < 1.29 is 14.3 Å². The van der Waals surface area contributed by atoms with Gasteiger partial charge in [-0.05, 0) is 49.4 Å². The molecule has 2 amide bonds. The van der Waals surface area contributed by atoms with Crippen molar-refractivity contribution in [2.45, 2.75) is 56.1 Å². The van der Waals surface area contributed by atoms with Gasteiger partial charge in [0.1, 0.15) is 5.82 Å². The van der Waals surface area contributed by atoms with Crippen LogP contribution in [0, 0.1) is 0 Å². The molecule has 0 radical (unpaired) electrons. The number of carbonyl (C=O) groups is 2. The molecule has 1 saturated heterocycles. The molecule has 2 fully saturated rings. The molecule has 6 heteroatoms. The van der Waals surface area contributed by atoms with Crippen molar-refractivity contribution in [2.24, 2.45) is 0 Å². The van der Waals surface area contributed by atoms with Gasteiger partial charge in [-0.25, -0.2) is 4.98 Å². The molecule has 2 aromatic rings. The monoisotopic (exact) mass is 405 g/mol. The molecule has 0 bridgehead atoms. The molecule has 30 heavy (non-hydrogen) atoms. The number of hydrogen-bond donors (Lipinski definition) is 1. The Hall–Kier alpha value is -2.73. The number of aromatic nitrogens is 1. The Morgan fingerprint density at radius 3 is 2.67 bits per heavy atom. The normalized spacial score (nSPS) is 24.8. The molecule has 1 saturated carbocycles. The number of rotatable bonds is 4. The molecule has 1 aromatic heterocycles. The number of carbonyl (C=O) groups excluding carboxylic acids is 2. The highest BCUT2D eigenvalue weighted by Crippen LogP contribution is 2.50. The molecule has 1 N–H and O–H groups in total. The van der Waals surface area contributed by atoms with Crippen LogP contribution in [0.15, 0.2) is 48.7 Å². The summed E-state index contributed by atoms with van der Waals surface area (Å²) in [5.74, 6) is 0.0609. The molecule has 1 aliphatic carbocycles. The fraction of sp³-hybridized carbons (Fsp3) is 0.458. The lowest BCUT2D eigenvalue weighted by molar-refractivity contribution is -0.121. The Balaban J connectivity index is 1.57. The average molecular weight is 405 g/mol. The van der Waals surface area contributed by atoms with Crippen LogP contribution in [-0.2, 0) is 9.53 Å². The summed E-state index contributed by atoms with van der Waals surface area (Å²) in [6.45, 7) is 1.31. The van der Waals surface area contributed by atoms with E-state index in [0.29, 0.717) is 17.9 Å². The van der Waals surface area contributed by atoms with Crippen LogP contribution in [0.5, 0.6) is 0 Å². The van der Waals surface area contributed by atoms with Crippen LogP contribution in [0.25, 0.3) is 0 Å². The second-order valence-electron chi connectivity index (χ2n) is 8.59. The SMILES string of the molecule is O=C(Nc1ccccn1)[C@@H]1c2ccccc2C(=O)N(C[C@@H]2CCCO2)C12CCCC2. The molecule has 3 aliphatic rings. The summed E-state index contributed by atoms with van der Waals surface area (Å²) in [6.07, 6.45) is 7.42. The van der Waals surface area contributed by atoms with Gasteiger partial charge in [0.05, 0.1) is 17.6 Å². The number of hydrogen-bond acceptors (Lipinski definition) is 4. The van der Waals surface area contributed by atoms with Gasteiger partial charge < -0.3 is 15.0 Å². The van der Waals surface area contributed by atoms with Crippen LogP contribution in [0.1, 0.15) is 60.4 Å². The predicted octanol–water partition coefficient (Wildman–Crippen LogP) is 3.75. The van der Waals surface area contributed by atoms with E-state index in [1.54, 1.807) is 12.3 Å². The zero-order valence-electron chi connectivity index (χ0n) is 17.0. The van der Waals surface area contributed by atoms with E-state index in [-0.39, 0.29) is 17.9 Å². The van der Waals surface area contributed by atoms with Crippen molar-refractivity contribution in [3.8, 4) is 0 Å². The van der Waals surface area contributed by atoms with Gasteiger partial charge in [-0.2, -0.15) is 0 Å². The zero-order valence-corrected chi connectivity index (χ0v) is 17.0. The molecule has 6 nitrogen and oxygen atoms in total. The molecule has 156 valence electrons. The van der Waals surface area contributed by atoms with Gasteiger partial charge in [-0.15, -0.1) is 0 Å². The first kappa shape index (κ1) is 19.2. The fourth-order valence-corrected chi connectivity index (χ4v) is 5.56. The standard InChI is InChI=1S/C24H27N3O3/c28-22(26-20-11-3-6-14-25-20)21-18-9-1-2-10-19(18)23(29)27(16-17-8-7-15-30-17)24(21)12-4-5-13-24/h1-3,6,9-11,14,17,21H,4-5,7-8,12-13,15-16H2,(H,25,26,28)/t17-,21-/m0/s1. The highest BCUT2D eigenvalue weighted by atomic mass is 16.5. The Bertz CT molecular complexity index is 934. The van der Waals surface area contributed by atoms with Gasteiger partial charge in [-0.1, -0.05) is 37.1 Å². The summed E-state index contributed by atoms with van der Waals surface area (Å²) in [7, 11) is 0.